The van der Waals surface area contributed by atoms with Crippen molar-refractivity contribution in [2.45, 2.75) is 51.6 Å². The fraction of sp³-hybridized carbons (Fsp3) is 0.588. The lowest BCUT2D eigenvalue weighted by molar-refractivity contribution is 0.0277. The highest BCUT2D eigenvalue weighted by atomic mass is 32.1. The second-order valence-electron chi connectivity index (χ2n) is 5.73. The Balaban J connectivity index is 1.53. The molecule has 0 spiro atoms. The first-order valence-corrected chi connectivity index (χ1v) is 8.38. The molecule has 2 rings (SSSR count). The van der Waals surface area contributed by atoms with Gasteiger partial charge in [0.1, 0.15) is 0 Å². The van der Waals surface area contributed by atoms with Gasteiger partial charge < -0.3 is 15.4 Å². The van der Waals surface area contributed by atoms with E-state index < -0.39 is 0 Å². The van der Waals surface area contributed by atoms with Crippen molar-refractivity contribution >= 4 is 23.0 Å². The molecule has 0 aromatic heterocycles. The Bertz CT molecular complexity index is 427. The Morgan fingerprint density at radius 2 is 1.90 bits per heavy atom. The molecule has 0 atom stereocenters. The normalized spacial score (nSPS) is 15.7. The van der Waals surface area contributed by atoms with E-state index >= 15 is 0 Å². The van der Waals surface area contributed by atoms with E-state index in [4.69, 9.17) is 17.0 Å². The van der Waals surface area contributed by atoms with Crippen molar-refractivity contribution in [1.82, 2.24) is 5.32 Å². The highest BCUT2D eigenvalue weighted by Gasteiger charge is 2.12. The van der Waals surface area contributed by atoms with E-state index in [-0.39, 0.29) is 0 Å². The molecule has 0 aliphatic heterocycles. The van der Waals surface area contributed by atoms with Gasteiger partial charge in [-0.05, 0) is 50.5 Å². The van der Waals surface area contributed by atoms with Crippen LogP contribution in [0.2, 0.25) is 0 Å². The molecule has 4 heteroatoms. The maximum atomic E-state index is 5.89. The van der Waals surface area contributed by atoms with Gasteiger partial charge in [0.05, 0.1) is 6.10 Å². The van der Waals surface area contributed by atoms with Crippen molar-refractivity contribution in [2.75, 3.05) is 18.5 Å². The lowest BCUT2D eigenvalue weighted by Crippen LogP contribution is -2.30. The van der Waals surface area contributed by atoms with Gasteiger partial charge in [-0.15, -0.1) is 0 Å². The highest BCUT2D eigenvalue weighted by Crippen LogP contribution is 2.20. The Hall–Kier alpha value is -1.13. The summed E-state index contributed by atoms with van der Waals surface area (Å²) in [5.74, 6) is 0. The lowest BCUT2D eigenvalue weighted by atomic mass is 9.98. The van der Waals surface area contributed by atoms with Crippen molar-refractivity contribution in [3.05, 3.63) is 29.8 Å². The lowest BCUT2D eigenvalue weighted by Gasteiger charge is -2.22. The van der Waals surface area contributed by atoms with Crippen LogP contribution in [-0.4, -0.2) is 24.4 Å². The molecular weight excluding hydrogens is 280 g/mol. The van der Waals surface area contributed by atoms with Crippen LogP contribution < -0.4 is 10.6 Å². The standard InChI is InChI=1S/C17H26N2OS/c1-14-8-10-15(11-9-14)19-17(21)18-12-5-13-20-16-6-3-2-4-7-16/h8-11,16H,2-7,12-13H2,1H3,(H2,18,19,21). The summed E-state index contributed by atoms with van der Waals surface area (Å²) in [6.07, 6.45) is 7.99. The van der Waals surface area contributed by atoms with Crippen LogP contribution in [0.25, 0.3) is 0 Å². The van der Waals surface area contributed by atoms with Gasteiger partial charge in [-0.2, -0.15) is 0 Å². The SMILES string of the molecule is Cc1ccc(NC(=S)NCCCOC2CCCCC2)cc1. The summed E-state index contributed by atoms with van der Waals surface area (Å²) in [4.78, 5) is 0. The number of nitrogens with one attached hydrogen (secondary N) is 2. The van der Waals surface area contributed by atoms with Crippen molar-refractivity contribution < 1.29 is 4.74 Å². The molecule has 1 aromatic rings. The van der Waals surface area contributed by atoms with Gasteiger partial charge in [0.15, 0.2) is 5.11 Å². The first-order valence-electron chi connectivity index (χ1n) is 7.97. The minimum atomic E-state index is 0.497. The first kappa shape index (κ1) is 16.2. The number of thiocarbonyl (C=S) groups is 1. The molecule has 2 N–H and O–H groups in total. The van der Waals surface area contributed by atoms with Crippen LogP contribution in [0, 0.1) is 6.92 Å². The minimum Gasteiger partial charge on any atom is -0.378 e. The molecular formula is C17H26N2OS. The van der Waals surface area contributed by atoms with Crippen LogP contribution in [-0.2, 0) is 4.74 Å². The van der Waals surface area contributed by atoms with E-state index in [9.17, 15) is 0 Å². The monoisotopic (exact) mass is 306 g/mol. The molecule has 0 bridgehead atoms. The molecule has 0 saturated heterocycles. The Morgan fingerprint density at radius 3 is 2.62 bits per heavy atom. The third-order valence-corrected chi connectivity index (χ3v) is 4.07. The fourth-order valence-electron chi connectivity index (χ4n) is 2.57. The number of ether oxygens (including phenoxy) is 1. The topological polar surface area (TPSA) is 33.3 Å². The first-order chi connectivity index (χ1) is 10.2. The van der Waals surface area contributed by atoms with Crippen molar-refractivity contribution in [3.63, 3.8) is 0 Å². The fourth-order valence-corrected chi connectivity index (χ4v) is 2.79. The molecule has 116 valence electrons. The molecule has 1 aliphatic rings. The number of hydrogen-bond donors (Lipinski definition) is 2. The van der Waals surface area contributed by atoms with Gasteiger partial charge in [-0.1, -0.05) is 37.0 Å². The van der Waals surface area contributed by atoms with Crippen LogP contribution in [0.4, 0.5) is 5.69 Å². The third kappa shape index (κ3) is 6.44. The largest absolute Gasteiger partial charge is 0.378 e. The summed E-state index contributed by atoms with van der Waals surface area (Å²) < 4.78 is 5.89. The van der Waals surface area contributed by atoms with Crippen LogP contribution in [0.1, 0.15) is 44.1 Å². The smallest absolute Gasteiger partial charge is 0.170 e. The number of benzene rings is 1. The number of aryl methyl sites for hydroxylation is 1. The highest BCUT2D eigenvalue weighted by molar-refractivity contribution is 7.80. The third-order valence-electron chi connectivity index (χ3n) is 3.82. The van der Waals surface area contributed by atoms with Gasteiger partial charge in [0.25, 0.3) is 0 Å². The van der Waals surface area contributed by atoms with Crippen LogP contribution in [0.15, 0.2) is 24.3 Å². The summed E-state index contributed by atoms with van der Waals surface area (Å²) >= 11 is 5.28. The number of anilines is 1. The summed E-state index contributed by atoms with van der Waals surface area (Å²) in [6, 6.07) is 8.22. The van der Waals surface area contributed by atoms with Crippen LogP contribution in [0.5, 0.6) is 0 Å². The summed E-state index contributed by atoms with van der Waals surface area (Å²) in [5, 5.41) is 7.09. The van der Waals surface area contributed by atoms with Gasteiger partial charge in [-0.25, -0.2) is 0 Å². The molecule has 0 amide bonds. The molecule has 0 heterocycles. The van der Waals surface area contributed by atoms with Crippen LogP contribution >= 0.6 is 12.2 Å². The average molecular weight is 306 g/mol. The maximum absolute atomic E-state index is 5.89. The quantitative estimate of drug-likeness (QED) is 0.614. The predicted molar refractivity (Wildman–Crippen MR) is 92.8 cm³/mol. The van der Waals surface area contributed by atoms with Gasteiger partial charge in [-0.3, -0.25) is 0 Å². The van der Waals surface area contributed by atoms with E-state index in [0.29, 0.717) is 11.2 Å². The molecule has 1 aromatic carbocycles. The predicted octanol–water partition coefficient (Wildman–Crippen LogP) is 4.02. The van der Waals surface area contributed by atoms with E-state index in [1.165, 1.54) is 37.7 Å². The van der Waals surface area contributed by atoms with Crippen molar-refractivity contribution in [3.8, 4) is 0 Å². The average Bonchev–Trinajstić information content (AvgIpc) is 2.50. The van der Waals surface area contributed by atoms with E-state index in [1.54, 1.807) is 0 Å². The van der Waals surface area contributed by atoms with Crippen molar-refractivity contribution in [2.24, 2.45) is 0 Å². The summed E-state index contributed by atoms with van der Waals surface area (Å²) in [5.41, 5.74) is 2.27. The minimum absolute atomic E-state index is 0.497. The zero-order chi connectivity index (χ0) is 14.9. The van der Waals surface area contributed by atoms with Gasteiger partial charge in [0.2, 0.25) is 0 Å². The second-order valence-corrected chi connectivity index (χ2v) is 6.14. The molecule has 1 fully saturated rings. The number of hydrogen-bond acceptors (Lipinski definition) is 2. The van der Waals surface area contributed by atoms with E-state index in [2.05, 4.69) is 29.7 Å². The Kier molecular flexibility index (Phi) is 6.96. The van der Waals surface area contributed by atoms with E-state index in [0.717, 1.165) is 25.3 Å². The van der Waals surface area contributed by atoms with Crippen LogP contribution in [0.3, 0.4) is 0 Å². The molecule has 1 aliphatic carbocycles. The molecule has 3 nitrogen and oxygen atoms in total. The Labute approximate surface area is 133 Å². The molecule has 1 saturated carbocycles. The van der Waals surface area contributed by atoms with Crippen molar-refractivity contribution in [1.29, 1.82) is 0 Å². The van der Waals surface area contributed by atoms with E-state index in [1.807, 2.05) is 12.1 Å². The van der Waals surface area contributed by atoms with Gasteiger partial charge >= 0.3 is 0 Å². The zero-order valence-corrected chi connectivity index (χ0v) is 13.7. The Morgan fingerprint density at radius 1 is 1.19 bits per heavy atom. The summed E-state index contributed by atoms with van der Waals surface area (Å²) in [6.45, 7) is 3.75. The summed E-state index contributed by atoms with van der Waals surface area (Å²) in [7, 11) is 0. The molecule has 0 unspecified atom stereocenters. The zero-order valence-electron chi connectivity index (χ0n) is 12.9. The molecule has 0 radical (unpaired) electrons. The molecule has 21 heavy (non-hydrogen) atoms. The second kappa shape index (κ2) is 9.00. The number of rotatable bonds is 6. The maximum Gasteiger partial charge on any atom is 0.170 e. The van der Waals surface area contributed by atoms with Gasteiger partial charge in [0, 0.05) is 18.8 Å².